The van der Waals surface area contributed by atoms with Crippen LogP contribution in [-0.4, -0.2) is 25.6 Å². The fourth-order valence-corrected chi connectivity index (χ4v) is 2.63. The predicted molar refractivity (Wildman–Crippen MR) is 86.3 cm³/mol. The lowest BCUT2D eigenvalue weighted by atomic mass is 9.82. The van der Waals surface area contributed by atoms with Gasteiger partial charge in [-0.3, -0.25) is 4.99 Å². The Bertz CT molecular complexity index is 491. The largest absolute Gasteiger partial charge is 0.356 e. The van der Waals surface area contributed by atoms with Crippen LogP contribution in [0.2, 0.25) is 0 Å². The van der Waals surface area contributed by atoms with Gasteiger partial charge >= 0.3 is 0 Å². The maximum Gasteiger partial charge on any atom is 0.191 e. The third-order valence-corrected chi connectivity index (χ3v) is 4.23. The lowest BCUT2D eigenvalue weighted by molar-refractivity contribution is 0.505. The van der Waals surface area contributed by atoms with Crippen LogP contribution < -0.4 is 10.6 Å². The third-order valence-electron chi connectivity index (χ3n) is 4.23. The maximum atomic E-state index is 4.32. The Labute approximate surface area is 122 Å². The van der Waals surface area contributed by atoms with Crippen LogP contribution in [0.15, 0.2) is 29.3 Å². The molecule has 3 heteroatoms. The van der Waals surface area contributed by atoms with Crippen LogP contribution >= 0.6 is 0 Å². The molecule has 2 unspecified atom stereocenters. The summed E-state index contributed by atoms with van der Waals surface area (Å²) in [6.07, 6.45) is 1.25. The summed E-state index contributed by atoms with van der Waals surface area (Å²) in [6.45, 7) is 9.86. The van der Waals surface area contributed by atoms with Crippen LogP contribution in [0.1, 0.15) is 38.3 Å². The second-order valence-corrected chi connectivity index (χ2v) is 6.59. The highest BCUT2D eigenvalue weighted by Crippen LogP contribution is 2.29. The van der Waals surface area contributed by atoms with E-state index in [4.69, 9.17) is 0 Å². The van der Waals surface area contributed by atoms with Crippen LogP contribution in [0.25, 0.3) is 0 Å². The first-order valence-electron chi connectivity index (χ1n) is 7.47. The second kappa shape index (κ2) is 5.86. The van der Waals surface area contributed by atoms with E-state index in [1.165, 1.54) is 17.5 Å². The Morgan fingerprint density at radius 2 is 2.00 bits per heavy atom. The van der Waals surface area contributed by atoms with E-state index in [0.717, 1.165) is 18.4 Å². The SMILES string of the molecule is CN=C(NCC(C)(C)c1ccccc1C)NC1CC1C. The van der Waals surface area contributed by atoms with Gasteiger partial charge < -0.3 is 10.6 Å². The van der Waals surface area contributed by atoms with Gasteiger partial charge in [-0.1, -0.05) is 45.0 Å². The van der Waals surface area contributed by atoms with Crippen molar-refractivity contribution < 1.29 is 0 Å². The molecular formula is C17H27N3. The minimum atomic E-state index is 0.0815. The fourth-order valence-electron chi connectivity index (χ4n) is 2.63. The number of guanidine groups is 1. The van der Waals surface area contributed by atoms with Crippen molar-refractivity contribution in [3.8, 4) is 0 Å². The van der Waals surface area contributed by atoms with Crippen molar-refractivity contribution in [1.82, 2.24) is 10.6 Å². The Balaban J connectivity index is 1.96. The van der Waals surface area contributed by atoms with Crippen molar-refractivity contribution in [2.45, 2.75) is 45.6 Å². The number of hydrogen-bond donors (Lipinski definition) is 2. The van der Waals surface area contributed by atoms with Crippen LogP contribution in [0.5, 0.6) is 0 Å². The molecule has 0 aromatic heterocycles. The normalized spacial score (nSPS) is 22.6. The smallest absolute Gasteiger partial charge is 0.191 e. The fraction of sp³-hybridized carbons (Fsp3) is 0.588. The van der Waals surface area contributed by atoms with E-state index in [2.05, 4.69) is 67.6 Å². The molecule has 20 heavy (non-hydrogen) atoms. The third kappa shape index (κ3) is 3.53. The van der Waals surface area contributed by atoms with E-state index in [1.54, 1.807) is 0 Å². The summed E-state index contributed by atoms with van der Waals surface area (Å²) in [5, 5.41) is 6.93. The molecule has 0 aliphatic heterocycles. The minimum Gasteiger partial charge on any atom is -0.356 e. The molecule has 110 valence electrons. The highest BCUT2D eigenvalue weighted by atomic mass is 15.2. The molecule has 2 atom stereocenters. The van der Waals surface area contributed by atoms with Crippen LogP contribution in [0, 0.1) is 12.8 Å². The lowest BCUT2D eigenvalue weighted by Gasteiger charge is -2.28. The number of benzene rings is 1. The zero-order valence-electron chi connectivity index (χ0n) is 13.3. The first-order valence-corrected chi connectivity index (χ1v) is 7.47. The first-order chi connectivity index (χ1) is 9.44. The van der Waals surface area contributed by atoms with Gasteiger partial charge in [0.25, 0.3) is 0 Å². The van der Waals surface area contributed by atoms with Gasteiger partial charge in [0.1, 0.15) is 0 Å². The van der Waals surface area contributed by atoms with Gasteiger partial charge in [-0.25, -0.2) is 0 Å². The van der Waals surface area contributed by atoms with Gasteiger partial charge in [-0.2, -0.15) is 0 Å². The van der Waals surface area contributed by atoms with Gasteiger partial charge in [0.2, 0.25) is 0 Å². The zero-order chi connectivity index (χ0) is 14.8. The number of nitrogens with one attached hydrogen (secondary N) is 2. The van der Waals surface area contributed by atoms with E-state index >= 15 is 0 Å². The minimum absolute atomic E-state index is 0.0815. The summed E-state index contributed by atoms with van der Waals surface area (Å²) in [5.74, 6) is 1.69. The van der Waals surface area contributed by atoms with Crippen LogP contribution in [0.4, 0.5) is 0 Å². The van der Waals surface area contributed by atoms with Crippen LogP contribution in [0.3, 0.4) is 0 Å². The predicted octanol–water partition coefficient (Wildman–Crippen LogP) is 2.85. The molecule has 1 fully saturated rings. The van der Waals surface area contributed by atoms with Gasteiger partial charge in [-0.05, 0) is 30.4 Å². The topological polar surface area (TPSA) is 36.4 Å². The maximum absolute atomic E-state index is 4.32. The summed E-state index contributed by atoms with van der Waals surface area (Å²) in [4.78, 5) is 4.32. The summed E-state index contributed by atoms with van der Waals surface area (Å²) >= 11 is 0. The van der Waals surface area contributed by atoms with Crippen molar-refractivity contribution >= 4 is 5.96 Å². The molecule has 0 spiro atoms. The molecule has 2 rings (SSSR count). The highest BCUT2D eigenvalue weighted by molar-refractivity contribution is 5.80. The van der Waals surface area contributed by atoms with Crippen molar-refractivity contribution in [1.29, 1.82) is 0 Å². The second-order valence-electron chi connectivity index (χ2n) is 6.59. The van der Waals surface area contributed by atoms with E-state index in [-0.39, 0.29) is 5.41 Å². The summed E-state index contributed by atoms with van der Waals surface area (Å²) in [5.41, 5.74) is 2.82. The first kappa shape index (κ1) is 14.9. The average molecular weight is 273 g/mol. The molecule has 2 N–H and O–H groups in total. The van der Waals surface area contributed by atoms with Crippen molar-refractivity contribution in [3.63, 3.8) is 0 Å². The van der Waals surface area contributed by atoms with Gasteiger partial charge in [-0.15, -0.1) is 0 Å². The molecule has 1 saturated carbocycles. The molecule has 0 amide bonds. The van der Waals surface area contributed by atoms with Gasteiger partial charge in [0.05, 0.1) is 0 Å². The molecule has 0 bridgehead atoms. The molecule has 3 nitrogen and oxygen atoms in total. The summed E-state index contributed by atoms with van der Waals surface area (Å²) < 4.78 is 0. The van der Waals surface area contributed by atoms with E-state index in [0.29, 0.717) is 6.04 Å². The molecule has 1 aliphatic carbocycles. The molecule has 1 aromatic carbocycles. The van der Waals surface area contributed by atoms with Gasteiger partial charge in [0.15, 0.2) is 5.96 Å². The Morgan fingerprint density at radius 1 is 1.35 bits per heavy atom. The van der Waals surface area contributed by atoms with Crippen molar-refractivity contribution in [2.24, 2.45) is 10.9 Å². The van der Waals surface area contributed by atoms with Crippen molar-refractivity contribution in [2.75, 3.05) is 13.6 Å². The Kier molecular flexibility index (Phi) is 4.36. The summed E-state index contributed by atoms with van der Waals surface area (Å²) in [7, 11) is 1.84. The van der Waals surface area contributed by atoms with E-state index < -0.39 is 0 Å². The number of aryl methyl sites for hydroxylation is 1. The number of hydrogen-bond acceptors (Lipinski definition) is 1. The monoisotopic (exact) mass is 273 g/mol. The summed E-state index contributed by atoms with van der Waals surface area (Å²) in [6, 6.07) is 9.20. The highest BCUT2D eigenvalue weighted by Gasteiger charge is 2.33. The molecule has 0 radical (unpaired) electrons. The van der Waals surface area contributed by atoms with E-state index in [1.807, 2.05) is 7.05 Å². The van der Waals surface area contributed by atoms with E-state index in [9.17, 15) is 0 Å². The molecule has 1 aliphatic rings. The lowest BCUT2D eigenvalue weighted by Crippen LogP contribution is -2.44. The number of rotatable bonds is 4. The standard InChI is InChI=1S/C17H27N3/c1-12-8-6-7-9-14(12)17(3,4)11-19-16(18-5)20-15-10-13(15)2/h6-9,13,15H,10-11H2,1-5H3,(H2,18,19,20). The number of nitrogens with zero attached hydrogens (tertiary/aromatic N) is 1. The molecule has 0 saturated heterocycles. The zero-order valence-corrected chi connectivity index (χ0v) is 13.3. The Hall–Kier alpha value is -1.51. The molecular weight excluding hydrogens is 246 g/mol. The molecule has 1 aromatic rings. The average Bonchev–Trinajstić information content (AvgIpc) is 3.10. The van der Waals surface area contributed by atoms with Gasteiger partial charge in [0, 0.05) is 25.0 Å². The van der Waals surface area contributed by atoms with Crippen molar-refractivity contribution in [3.05, 3.63) is 35.4 Å². The van der Waals surface area contributed by atoms with Crippen LogP contribution in [-0.2, 0) is 5.41 Å². The Morgan fingerprint density at radius 3 is 2.55 bits per heavy atom. The number of aliphatic imine (C=N–C) groups is 1. The molecule has 0 heterocycles. The quantitative estimate of drug-likeness (QED) is 0.654.